The lowest BCUT2D eigenvalue weighted by molar-refractivity contribution is 0.173. The molecule has 7 rings (SSSR count). The van der Waals surface area contributed by atoms with Crippen LogP contribution < -0.4 is 28.4 Å². The third-order valence-corrected chi connectivity index (χ3v) is 6.23. The lowest BCUT2D eigenvalue weighted by Gasteiger charge is -2.12. The van der Waals surface area contributed by atoms with Gasteiger partial charge in [-0.25, -0.2) is 0 Å². The van der Waals surface area contributed by atoms with Gasteiger partial charge in [-0.1, -0.05) is 0 Å². The Bertz CT molecular complexity index is 977. The first kappa shape index (κ1) is 16.3. The summed E-state index contributed by atoms with van der Waals surface area (Å²) in [6.07, 6.45) is 2.37. The van der Waals surface area contributed by atoms with Crippen molar-refractivity contribution in [2.75, 3.05) is 20.4 Å². The van der Waals surface area contributed by atoms with Crippen LogP contribution in [0.15, 0.2) is 36.4 Å². The van der Waals surface area contributed by atoms with Crippen LogP contribution in [0.4, 0.5) is 0 Å². The minimum Gasteiger partial charge on any atom is -0.454 e. The molecule has 0 bridgehead atoms. The molecule has 3 aliphatic heterocycles. The number of hydrogen-bond acceptors (Lipinski definition) is 6. The van der Waals surface area contributed by atoms with Crippen LogP contribution in [0.1, 0.15) is 33.4 Å². The van der Waals surface area contributed by atoms with Crippen LogP contribution in [0.3, 0.4) is 0 Å². The Labute approximate surface area is 172 Å². The fourth-order valence-electron chi connectivity index (χ4n) is 4.68. The van der Waals surface area contributed by atoms with Crippen molar-refractivity contribution in [2.45, 2.75) is 19.3 Å². The Hall–Kier alpha value is -3.54. The smallest absolute Gasteiger partial charge is 0.231 e. The van der Waals surface area contributed by atoms with Crippen molar-refractivity contribution in [2.24, 2.45) is 0 Å². The van der Waals surface area contributed by atoms with Crippen LogP contribution >= 0.6 is 0 Å². The van der Waals surface area contributed by atoms with Gasteiger partial charge in [0.25, 0.3) is 0 Å². The molecule has 30 heavy (non-hydrogen) atoms. The van der Waals surface area contributed by atoms with Gasteiger partial charge in [-0.15, -0.1) is 0 Å². The van der Waals surface area contributed by atoms with Crippen molar-refractivity contribution in [3.8, 4) is 34.5 Å². The molecule has 6 nitrogen and oxygen atoms in total. The molecule has 3 heterocycles. The number of fused-ring (bicyclic) bond motifs is 6. The second-order valence-corrected chi connectivity index (χ2v) is 7.95. The summed E-state index contributed by atoms with van der Waals surface area (Å²) in [6.45, 7) is 0.800. The highest BCUT2D eigenvalue weighted by atomic mass is 16.7. The molecule has 0 unspecified atom stereocenters. The van der Waals surface area contributed by atoms with E-state index in [2.05, 4.69) is 36.4 Å². The van der Waals surface area contributed by atoms with Crippen molar-refractivity contribution in [1.82, 2.24) is 0 Å². The normalized spacial score (nSPS) is 16.8. The molecular weight excluding hydrogens is 384 g/mol. The summed E-state index contributed by atoms with van der Waals surface area (Å²) in [5.41, 5.74) is 7.36. The Morgan fingerprint density at radius 2 is 0.533 bits per heavy atom. The van der Waals surface area contributed by atoms with Crippen molar-refractivity contribution < 1.29 is 28.4 Å². The van der Waals surface area contributed by atoms with E-state index in [1.807, 2.05) is 0 Å². The Morgan fingerprint density at radius 1 is 0.333 bits per heavy atom. The summed E-state index contributed by atoms with van der Waals surface area (Å²) in [6, 6.07) is 12.7. The van der Waals surface area contributed by atoms with E-state index in [0.717, 1.165) is 53.8 Å². The molecule has 4 aliphatic rings. The lowest BCUT2D eigenvalue weighted by Crippen LogP contribution is -1.98. The molecule has 0 atom stereocenters. The summed E-state index contributed by atoms with van der Waals surface area (Å²) in [5, 5.41) is 0. The van der Waals surface area contributed by atoms with Gasteiger partial charge in [0.05, 0.1) is 0 Å². The van der Waals surface area contributed by atoms with E-state index in [9.17, 15) is 0 Å². The average Bonchev–Trinajstić information content (AvgIpc) is 3.48. The van der Waals surface area contributed by atoms with E-state index in [0.29, 0.717) is 0 Å². The maximum absolute atomic E-state index is 5.66. The van der Waals surface area contributed by atoms with Crippen LogP contribution in [0, 0.1) is 0 Å². The molecule has 6 heteroatoms. The summed E-state index contributed by atoms with van der Waals surface area (Å²) in [4.78, 5) is 0. The van der Waals surface area contributed by atoms with Crippen LogP contribution in [-0.2, 0) is 19.3 Å². The van der Waals surface area contributed by atoms with E-state index in [4.69, 9.17) is 28.4 Å². The van der Waals surface area contributed by atoms with Crippen LogP contribution in [-0.4, -0.2) is 20.4 Å². The topological polar surface area (TPSA) is 55.4 Å². The zero-order valence-corrected chi connectivity index (χ0v) is 16.2. The molecule has 0 amide bonds. The first-order valence-electron chi connectivity index (χ1n) is 10.0. The van der Waals surface area contributed by atoms with Gasteiger partial charge in [0.15, 0.2) is 34.5 Å². The highest BCUT2D eigenvalue weighted by molar-refractivity contribution is 5.58. The second kappa shape index (κ2) is 5.98. The number of rotatable bonds is 0. The van der Waals surface area contributed by atoms with Gasteiger partial charge in [0, 0.05) is 0 Å². The fraction of sp³-hybridized carbons (Fsp3) is 0.250. The summed E-state index contributed by atoms with van der Waals surface area (Å²) >= 11 is 0. The Morgan fingerprint density at radius 3 is 0.733 bits per heavy atom. The summed E-state index contributed by atoms with van der Waals surface area (Å²) < 4.78 is 33.9. The average molecular weight is 402 g/mol. The Kier molecular flexibility index (Phi) is 3.25. The van der Waals surface area contributed by atoms with Gasteiger partial charge in [0.2, 0.25) is 20.4 Å². The fourth-order valence-corrected chi connectivity index (χ4v) is 4.68. The molecule has 0 saturated carbocycles. The minimum absolute atomic E-state index is 0.267. The third-order valence-electron chi connectivity index (χ3n) is 6.23. The Balaban J connectivity index is 1.46. The summed E-state index contributed by atoms with van der Waals surface area (Å²) in [5.74, 6) is 4.84. The molecule has 3 aromatic carbocycles. The van der Waals surface area contributed by atoms with Gasteiger partial charge in [0.1, 0.15) is 0 Å². The third kappa shape index (κ3) is 2.43. The molecular formula is C24H18O6. The second-order valence-electron chi connectivity index (χ2n) is 7.95. The molecule has 0 spiro atoms. The maximum atomic E-state index is 5.66. The number of ether oxygens (including phenoxy) is 6. The first-order valence-corrected chi connectivity index (χ1v) is 10.0. The molecule has 0 N–H and O–H groups in total. The van der Waals surface area contributed by atoms with Crippen molar-refractivity contribution in [3.63, 3.8) is 0 Å². The molecule has 0 aromatic heterocycles. The monoisotopic (exact) mass is 402 g/mol. The van der Waals surface area contributed by atoms with E-state index >= 15 is 0 Å². The SMILES string of the molecule is c1c2c(cc3c1OCO3)Cc1cc3c(cc1Cc1cc4c(cc1C2)OCO4)OCO3. The highest BCUT2D eigenvalue weighted by Crippen LogP contribution is 2.43. The molecule has 0 fully saturated rings. The number of hydrogen-bond donors (Lipinski definition) is 0. The molecule has 3 aromatic rings. The zero-order valence-electron chi connectivity index (χ0n) is 16.2. The van der Waals surface area contributed by atoms with Crippen molar-refractivity contribution >= 4 is 0 Å². The standard InChI is InChI=1S/C24H18O6/c1-13-4-19-21(27-10-25-19)6-15(13)2-17-8-23-24(30-12-29-23)9-18(17)3-16-7-22-20(5-14(1)16)26-11-28-22/h4-9H,1-3,10-12H2. The van der Waals surface area contributed by atoms with E-state index < -0.39 is 0 Å². The molecule has 150 valence electrons. The molecule has 1 aliphatic carbocycles. The van der Waals surface area contributed by atoms with Gasteiger partial charge in [-0.05, 0) is 89.0 Å². The van der Waals surface area contributed by atoms with Gasteiger partial charge < -0.3 is 28.4 Å². The van der Waals surface area contributed by atoms with Crippen molar-refractivity contribution in [1.29, 1.82) is 0 Å². The van der Waals surface area contributed by atoms with E-state index in [-0.39, 0.29) is 20.4 Å². The lowest BCUT2D eigenvalue weighted by atomic mass is 9.94. The number of benzene rings is 3. The summed E-state index contributed by atoms with van der Waals surface area (Å²) in [7, 11) is 0. The first-order chi connectivity index (χ1) is 14.8. The molecule has 0 saturated heterocycles. The van der Waals surface area contributed by atoms with Gasteiger partial charge in [-0.3, -0.25) is 0 Å². The van der Waals surface area contributed by atoms with Gasteiger partial charge in [-0.2, -0.15) is 0 Å². The van der Waals surface area contributed by atoms with Crippen LogP contribution in [0.5, 0.6) is 34.5 Å². The maximum Gasteiger partial charge on any atom is 0.231 e. The quantitative estimate of drug-likeness (QED) is 0.444. The molecule has 0 radical (unpaired) electrons. The minimum atomic E-state index is 0.267. The van der Waals surface area contributed by atoms with Crippen LogP contribution in [0.25, 0.3) is 0 Å². The largest absolute Gasteiger partial charge is 0.454 e. The van der Waals surface area contributed by atoms with E-state index in [1.165, 1.54) is 33.4 Å². The van der Waals surface area contributed by atoms with Gasteiger partial charge >= 0.3 is 0 Å². The van der Waals surface area contributed by atoms with Crippen molar-refractivity contribution in [3.05, 3.63) is 69.8 Å². The predicted molar refractivity (Wildman–Crippen MR) is 106 cm³/mol. The zero-order chi connectivity index (χ0) is 19.7. The highest BCUT2D eigenvalue weighted by Gasteiger charge is 2.25. The van der Waals surface area contributed by atoms with E-state index in [1.54, 1.807) is 0 Å². The van der Waals surface area contributed by atoms with Crippen LogP contribution in [0.2, 0.25) is 0 Å². The predicted octanol–water partition coefficient (Wildman–Crippen LogP) is 3.96.